The van der Waals surface area contributed by atoms with Gasteiger partial charge in [0.2, 0.25) is 5.91 Å². The molecule has 0 saturated heterocycles. The van der Waals surface area contributed by atoms with Crippen LogP contribution in [-0.4, -0.2) is 21.7 Å². The van der Waals surface area contributed by atoms with E-state index in [1.807, 2.05) is 11.6 Å². The summed E-state index contributed by atoms with van der Waals surface area (Å²) in [4.78, 5) is 12.5. The number of carbonyl (C=O) groups is 1. The van der Waals surface area contributed by atoms with Crippen molar-refractivity contribution >= 4 is 5.91 Å². The molecule has 1 fully saturated rings. The number of rotatable bonds is 5. The number of aryl methyl sites for hydroxylation is 1. The smallest absolute Gasteiger partial charge is 0.224 e. The van der Waals surface area contributed by atoms with Gasteiger partial charge in [0.25, 0.3) is 0 Å². The first kappa shape index (κ1) is 18.0. The van der Waals surface area contributed by atoms with Gasteiger partial charge in [0.05, 0.1) is 12.1 Å². The molecule has 1 aromatic heterocycles. The third kappa shape index (κ3) is 4.36. The highest BCUT2D eigenvalue weighted by molar-refractivity contribution is 5.79. The Hall–Kier alpha value is -1.32. The second kappa shape index (κ2) is 7.50. The molecule has 2 rings (SSSR count). The van der Waals surface area contributed by atoms with E-state index in [-0.39, 0.29) is 5.91 Å². The molecule has 3 atom stereocenters. The Balaban J connectivity index is 2.01. The van der Waals surface area contributed by atoms with E-state index in [1.165, 1.54) is 12.8 Å². The molecule has 1 heterocycles. The zero-order valence-electron chi connectivity index (χ0n) is 15.6. The zero-order valence-corrected chi connectivity index (χ0v) is 15.6. The standard InChI is InChI=1S/C19H33N3O/c1-12(2)11-22-16(6)17(15(5)21-22)10-19(23)20-18-9-7-8-13(3)14(18)4/h12-14,18H,7-11H2,1-6H3,(H,20,23). The minimum absolute atomic E-state index is 0.145. The molecule has 1 saturated carbocycles. The Bertz CT molecular complexity index is 547. The molecule has 0 aromatic carbocycles. The first-order chi connectivity index (χ1) is 10.8. The predicted molar refractivity (Wildman–Crippen MR) is 94.4 cm³/mol. The van der Waals surface area contributed by atoms with Gasteiger partial charge in [-0.25, -0.2) is 0 Å². The van der Waals surface area contributed by atoms with Crippen molar-refractivity contribution in [3.8, 4) is 0 Å². The van der Waals surface area contributed by atoms with E-state index in [0.717, 1.165) is 29.9 Å². The molecule has 0 spiro atoms. The highest BCUT2D eigenvalue weighted by Gasteiger charge is 2.28. The zero-order chi connectivity index (χ0) is 17.1. The number of hydrogen-bond acceptors (Lipinski definition) is 2. The van der Waals surface area contributed by atoms with Gasteiger partial charge in [0.15, 0.2) is 0 Å². The van der Waals surface area contributed by atoms with Gasteiger partial charge in [0, 0.05) is 23.8 Å². The second-order valence-electron chi connectivity index (χ2n) is 7.84. The third-order valence-electron chi connectivity index (χ3n) is 5.46. The minimum Gasteiger partial charge on any atom is -0.353 e. The summed E-state index contributed by atoms with van der Waals surface area (Å²) in [6, 6.07) is 0.331. The maximum atomic E-state index is 12.5. The molecule has 1 amide bonds. The summed E-state index contributed by atoms with van der Waals surface area (Å²) in [6.45, 7) is 13.9. The molecular formula is C19H33N3O. The van der Waals surface area contributed by atoms with E-state index in [2.05, 4.69) is 45.0 Å². The van der Waals surface area contributed by atoms with Crippen LogP contribution in [0.5, 0.6) is 0 Å². The minimum atomic E-state index is 0.145. The molecule has 0 aliphatic heterocycles. The molecule has 1 N–H and O–H groups in total. The van der Waals surface area contributed by atoms with Crippen molar-refractivity contribution in [1.82, 2.24) is 15.1 Å². The highest BCUT2D eigenvalue weighted by atomic mass is 16.1. The van der Waals surface area contributed by atoms with Crippen LogP contribution in [0.4, 0.5) is 0 Å². The summed E-state index contributed by atoms with van der Waals surface area (Å²) in [7, 11) is 0. The van der Waals surface area contributed by atoms with Crippen molar-refractivity contribution in [2.24, 2.45) is 17.8 Å². The number of carbonyl (C=O) groups excluding carboxylic acids is 1. The van der Waals surface area contributed by atoms with E-state index in [1.54, 1.807) is 0 Å². The van der Waals surface area contributed by atoms with Gasteiger partial charge in [-0.3, -0.25) is 9.48 Å². The molecule has 1 aliphatic rings. The number of nitrogens with zero attached hydrogens (tertiary/aromatic N) is 2. The number of nitrogens with one attached hydrogen (secondary N) is 1. The fraction of sp³-hybridized carbons (Fsp3) is 0.789. The van der Waals surface area contributed by atoms with Crippen molar-refractivity contribution in [3.63, 3.8) is 0 Å². The van der Waals surface area contributed by atoms with Crippen LogP contribution >= 0.6 is 0 Å². The topological polar surface area (TPSA) is 46.9 Å². The lowest BCUT2D eigenvalue weighted by molar-refractivity contribution is -0.121. The van der Waals surface area contributed by atoms with Gasteiger partial charge in [-0.15, -0.1) is 0 Å². The number of aromatic nitrogens is 2. The van der Waals surface area contributed by atoms with Crippen molar-refractivity contribution in [3.05, 3.63) is 17.0 Å². The van der Waals surface area contributed by atoms with E-state index in [0.29, 0.717) is 30.2 Å². The molecule has 130 valence electrons. The Kier molecular flexibility index (Phi) is 5.88. The van der Waals surface area contributed by atoms with Crippen LogP contribution in [0.3, 0.4) is 0 Å². The lowest BCUT2D eigenvalue weighted by atomic mass is 9.78. The molecule has 4 nitrogen and oxygen atoms in total. The molecule has 0 bridgehead atoms. The van der Waals surface area contributed by atoms with E-state index in [9.17, 15) is 4.79 Å². The van der Waals surface area contributed by atoms with E-state index in [4.69, 9.17) is 0 Å². The van der Waals surface area contributed by atoms with Gasteiger partial charge in [-0.1, -0.05) is 40.5 Å². The fourth-order valence-corrected chi connectivity index (χ4v) is 3.72. The summed E-state index contributed by atoms with van der Waals surface area (Å²) in [5.74, 6) is 1.97. The summed E-state index contributed by atoms with van der Waals surface area (Å²) in [5, 5.41) is 7.89. The van der Waals surface area contributed by atoms with Crippen LogP contribution in [0.1, 0.15) is 63.9 Å². The Morgan fingerprint density at radius 3 is 2.65 bits per heavy atom. The molecule has 1 aliphatic carbocycles. The highest BCUT2D eigenvalue weighted by Crippen LogP contribution is 2.29. The summed E-state index contributed by atoms with van der Waals surface area (Å²) >= 11 is 0. The van der Waals surface area contributed by atoms with Crippen molar-refractivity contribution < 1.29 is 4.79 Å². The average molecular weight is 319 g/mol. The molecule has 1 aromatic rings. The maximum absolute atomic E-state index is 12.5. The van der Waals surface area contributed by atoms with Crippen LogP contribution in [0.2, 0.25) is 0 Å². The lowest BCUT2D eigenvalue weighted by Gasteiger charge is -2.34. The Labute approximate surface area is 141 Å². The van der Waals surface area contributed by atoms with Gasteiger partial charge in [-0.05, 0) is 38.0 Å². The van der Waals surface area contributed by atoms with Crippen molar-refractivity contribution in [1.29, 1.82) is 0 Å². The van der Waals surface area contributed by atoms with Gasteiger partial charge in [0.1, 0.15) is 0 Å². The average Bonchev–Trinajstić information content (AvgIpc) is 2.71. The van der Waals surface area contributed by atoms with Crippen molar-refractivity contribution in [2.75, 3.05) is 0 Å². The first-order valence-corrected chi connectivity index (χ1v) is 9.11. The van der Waals surface area contributed by atoms with Crippen LogP contribution in [0, 0.1) is 31.6 Å². The molecule has 23 heavy (non-hydrogen) atoms. The van der Waals surface area contributed by atoms with Crippen molar-refractivity contribution in [2.45, 2.75) is 79.8 Å². The molecule has 0 radical (unpaired) electrons. The second-order valence-corrected chi connectivity index (χ2v) is 7.84. The lowest BCUT2D eigenvalue weighted by Crippen LogP contribution is -2.44. The number of amides is 1. The largest absolute Gasteiger partial charge is 0.353 e. The van der Waals surface area contributed by atoms with Crippen LogP contribution in [0.25, 0.3) is 0 Å². The van der Waals surface area contributed by atoms with E-state index >= 15 is 0 Å². The molecule has 3 unspecified atom stereocenters. The molecule has 4 heteroatoms. The monoisotopic (exact) mass is 319 g/mol. The van der Waals surface area contributed by atoms with Gasteiger partial charge < -0.3 is 5.32 Å². The Morgan fingerprint density at radius 2 is 2.00 bits per heavy atom. The summed E-state index contributed by atoms with van der Waals surface area (Å²) in [6.07, 6.45) is 4.07. The maximum Gasteiger partial charge on any atom is 0.224 e. The predicted octanol–water partition coefficient (Wildman–Crippen LogP) is 3.64. The summed E-state index contributed by atoms with van der Waals surface area (Å²) in [5.41, 5.74) is 3.22. The van der Waals surface area contributed by atoms with E-state index < -0.39 is 0 Å². The van der Waals surface area contributed by atoms with Crippen LogP contribution < -0.4 is 5.32 Å². The fourth-order valence-electron chi connectivity index (χ4n) is 3.72. The normalized spacial score (nSPS) is 24.9. The van der Waals surface area contributed by atoms with Crippen LogP contribution in [0.15, 0.2) is 0 Å². The SMILES string of the molecule is Cc1nn(CC(C)C)c(C)c1CC(=O)NC1CCCC(C)C1C. The first-order valence-electron chi connectivity index (χ1n) is 9.11. The van der Waals surface area contributed by atoms with Gasteiger partial charge in [-0.2, -0.15) is 5.10 Å². The van der Waals surface area contributed by atoms with Gasteiger partial charge >= 0.3 is 0 Å². The Morgan fingerprint density at radius 1 is 1.30 bits per heavy atom. The summed E-state index contributed by atoms with van der Waals surface area (Å²) < 4.78 is 2.05. The quantitative estimate of drug-likeness (QED) is 0.900. The van der Waals surface area contributed by atoms with Crippen LogP contribution in [-0.2, 0) is 17.8 Å². The third-order valence-corrected chi connectivity index (χ3v) is 5.46. The molecular weight excluding hydrogens is 286 g/mol. The number of hydrogen-bond donors (Lipinski definition) is 1.